The predicted octanol–water partition coefficient (Wildman–Crippen LogP) is -0.119. The Labute approximate surface area is 75.8 Å². The second-order valence-electron chi connectivity index (χ2n) is 3.47. The van der Waals surface area contributed by atoms with Crippen LogP contribution in [0.4, 0.5) is 0 Å². The van der Waals surface area contributed by atoms with Gasteiger partial charge in [0.2, 0.25) is 0 Å². The van der Waals surface area contributed by atoms with Crippen LogP contribution in [0.25, 0.3) is 0 Å². The van der Waals surface area contributed by atoms with Crippen molar-refractivity contribution in [3.63, 3.8) is 0 Å². The highest BCUT2D eigenvalue weighted by Gasteiger charge is 2.62. The zero-order chi connectivity index (χ0) is 9.64. The summed E-state index contributed by atoms with van der Waals surface area (Å²) in [7, 11) is 0. The minimum Gasteiger partial charge on any atom is -0.509 e. The molecular formula is C9H12O4. The molecule has 2 unspecified atom stereocenters. The van der Waals surface area contributed by atoms with E-state index in [-0.39, 0.29) is 25.1 Å². The van der Waals surface area contributed by atoms with Gasteiger partial charge in [-0.15, -0.1) is 0 Å². The average molecular weight is 184 g/mol. The van der Waals surface area contributed by atoms with Crippen LogP contribution < -0.4 is 0 Å². The van der Waals surface area contributed by atoms with Gasteiger partial charge in [-0.1, -0.05) is 6.08 Å². The molecule has 1 fully saturated rings. The van der Waals surface area contributed by atoms with Gasteiger partial charge in [0.15, 0.2) is 5.60 Å². The maximum Gasteiger partial charge on any atom is 0.178 e. The summed E-state index contributed by atoms with van der Waals surface area (Å²) in [5.74, 6) is -0.0342. The highest BCUT2D eigenvalue weighted by atomic mass is 16.6. The molecule has 13 heavy (non-hydrogen) atoms. The second-order valence-corrected chi connectivity index (χ2v) is 3.47. The number of aliphatic hydroxyl groups is 3. The molecule has 1 aliphatic heterocycles. The predicted molar refractivity (Wildman–Crippen MR) is 45.2 cm³/mol. The zero-order valence-electron chi connectivity index (χ0n) is 7.32. The Morgan fingerprint density at radius 3 is 2.77 bits per heavy atom. The van der Waals surface area contributed by atoms with Crippen LogP contribution in [0.1, 0.15) is 6.92 Å². The fourth-order valence-electron chi connectivity index (χ4n) is 1.82. The van der Waals surface area contributed by atoms with Crippen LogP contribution in [-0.4, -0.2) is 40.2 Å². The first kappa shape index (κ1) is 8.74. The lowest BCUT2D eigenvalue weighted by Crippen LogP contribution is -2.28. The number of hydrogen-bond acceptors (Lipinski definition) is 4. The van der Waals surface area contributed by atoms with Crippen molar-refractivity contribution < 1.29 is 20.1 Å². The molecule has 72 valence electrons. The molecule has 0 bridgehead atoms. The summed E-state index contributed by atoms with van der Waals surface area (Å²) in [6, 6.07) is 0. The standard InChI is InChI=1S/C9H12O4/c1-5-2-6(3-10)7(12)9(4-11)8(5)13-9/h2,8,10-12H,3-4H2,1H3. The number of fused-ring (bicyclic) bond motifs is 1. The van der Waals surface area contributed by atoms with Crippen LogP contribution in [0.5, 0.6) is 0 Å². The second kappa shape index (κ2) is 2.57. The van der Waals surface area contributed by atoms with Gasteiger partial charge < -0.3 is 20.1 Å². The largest absolute Gasteiger partial charge is 0.509 e. The summed E-state index contributed by atoms with van der Waals surface area (Å²) in [5, 5.41) is 27.6. The number of rotatable bonds is 2. The third-order valence-electron chi connectivity index (χ3n) is 2.62. The summed E-state index contributed by atoms with van der Waals surface area (Å²) < 4.78 is 5.23. The van der Waals surface area contributed by atoms with Gasteiger partial charge in [0.05, 0.1) is 13.2 Å². The maximum absolute atomic E-state index is 9.64. The van der Waals surface area contributed by atoms with E-state index in [1.165, 1.54) is 0 Å². The molecule has 2 rings (SSSR count). The van der Waals surface area contributed by atoms with Crippen molar-refractivity contribution in [3.8, 4) is 0 Å². The van der Waals surface area contributed by atoms with Crippen molar-refractivity contribution in [1.29, 1.82) is 0 Å². The van der Waals surface area contributed by atoms with Crippen LogP contribution in [0.3, 0.4) is 0 Å². The molecule has 0 aromatic heterocycles. The fraction of sp³-hybridized carbons (Fsp3) is 0.556. The number of ether oxygens (including phenoxy) is 1. The van der Waals surface area contributed by atoms with E-state index in [4.69, 9.17) is 14.9 Å². The third-order valence-corrected chi connectivity index (χ3v) is 2.62. The van der Waals surface area contributed by atoms with Crippen molar-refractivity contribution in [2.45, 2.75) is 18.6 Å². The van der Waals surface area contributed by atoms with Gasteiger partial charge in [0.25, 0.3) is 0 Å². The smallest absolute Gasteiger partial charge is 0.178 e. The van der Waals surface area contributed by atoms with E-state index >= 15 is 0 Å². The topological polar surface area (TPSA) is 73.2 Å². The first-order valence-electron chi connectivity index (χ1n) is 4.16. The molecule has 0 spiro atoms. The molecule has 0 aromatic carbocycles. The van der Waals surface area contributed by atoms with E-state index in [9.17, 15) is 5.11 Å². The van der Waals surface area contributed by atoms with Crippen molar-refractivity contribution in [2.75, 3.05) is 13.2 Å². The molecule has 0 radical (unpaired) electrons. The van der Waals surface area contributed by atoms with Gasteiger partial charge in [-0.25, -0.2) is 0 Å². The average Bonchev–Trinajstić information content (AvgIpc) is 2.88. The lowest BCUT2D eigenvalue weighted by Gasteiger charge is -2.16. The van der Waals surface area contributed by atoms with E-state index in [2.05, 4.69) is 0 Å². The Hall–Kier alpha value is -0.840. The Balaban J connectivity index is 2.42. The Kier molecular flexibility index (Phi) is 1.73. The van der Waals surface area contributed by atoms with E-state index in [0.29, 0.717) is 5.57 Å². The molecule has 3 N–H and O–H groups in total. The molecular weight excluding hydrogens is 172 g/mol. The van der Waals surface area contributed by atoms with Crippen LogP contribution >= 0.6 is 0 Å². The molecule has 0 saturated carbocycles. The lowest BCUT2D eigenvalue weighted by atomic mass is 9.90. The zero-order valence-corrected chi connectivity index (χ0v) is 7.32. The molecule has 4 heteroatoms. The minimum absolute atomic E-state index is 0.0342. The first-order chi connectivity index (χ1) is 6.15. The summed E-state index contributed by atoms with van der Waals surface area (Å²) >= 11 is 0. The molecule has 0 amide bonds. The van der Waals surface area contributed by atoms with E-state index in [0.717, 1.165) is 5.57 Å². The number of epoxide rings is 1. The minimum atomic E-state index is -0.948. The SMILES string of the molecule is CC1=CC(CO)=C(O)C2(CO)OC12. The lowest BCUT2D eigenvalue weighted by molar-refractivity contribution is 0.152. The normalized spacial score (nSPS) is 37.2. The Bertz CT molecular complexity index is 305. The number of aliphatic hydroxyl groups excluding tert-OH is 3. The van der Waals surface area contributed by atoms with Gasteiger partial charge in [0, 0.05) is 5.57 Å². The fourth-order valence-corrected chi connectivity index (χ4v) is 1.82. The quantitative estimate of drug-likeness (QED) is 0.523. The monoisotopic (exact) mass is 184 g/mol. The van der Waals surface area contributed by atoms with Gasteiger partial charge >= 0.3 is 0 Å². The molecule has 4 nitrogen and oxygen atoms in total. The molecule has 0 aromatic rings. The third kappa shape index (κ3) is 0.964. The van der Waals surface area contributed by atoms with E-state index < -0.39 is 5.60 Å². The summed E-state index contributed by atoms with van der Waals surface area (Å²) in [4.78, 5) is 0. The molecule has 1 saturated heterocycles. The molecule has 1 heterocycles. The van der Waals surface area contributed by atoms with E-state index in [1.807, 2.05) is 6.92 Å². The Morgan fingerprint density at radius 2 is 2.23 bits per heavy atom. The van der Waals surface area contributed by atoms with Crippen molar-refractivity contribution >= 4 is 0 Å². The van der Waals surface area contributed by atoms with Crippen molar-refractivity contribution in [1.82, 2.24) is 0 Å². The molecule has 2 aliphatic rings. The van der Waals surface area contributed by atoms with Gasteiger partial charge in [-0.2, -0.15) is 0 Å². The summed E-state index contributed by atoms with van der Waals surface area (Å²) in [6.45, 7) is 1.36. The van der Waals surface area contributed by atoms with Crippen LogP contribution in [0.2, 0.25) is 0 Å². The van der Waals surface area contributed by atoms with Gasteiger partial charge in [-0.3, -0.25) is 0 Å². The van der Waals surface area contributed by atoms with Crippen LogP contribution in [0.15, 0.2) is 23.0 Å². The summed E-state index contributed by atoms with van der Waals surface area (Å²) in [6.07, 6.45) is 1.48. The van der Waals surface area contributed by atoms with Crippen molar-refractivity contribution in [2.24, 2.45) is 0 Å². The van der Waals surface area contributed by atoms with Crippen LogP contribution in [-0.2, 0) is 4.74 Å². The van der Waals surface area contributed by atoms with Crippen molar-refractivity contribution in [3.05, 3.63) is 23.0 Å². The highest BCUT2D eigenvalue weighted by Crippen LogP contribution is 2.49. The summed E-state index contributed by atoms with van der Waals surface area (Å²) in [5.41, 5.74) is 0.410. The van der Waals surface area contributed by atoms with Crippen LogP contribution in [0, 0.1) is 0 Å². The Morgan fingerprint density at radius 1 is 1.54 bits per heavy atom. The molecule has 2 atom stereocenters. The molecule has 1 aliphatic carbocycles. The maximum atomic E-state index is 9.64. The number of hydrogen-bond donors (Lipinski definition) is 3. The van der Waals surface area contributed by atoms with Gasteiger partial charge in [0.1, 0.15) is 11.9 Å². The van der Waals surface area contributed by atoms with E-state index in [1.54, 1.807) is 6.08 Å². The highest BCUT2D eigenvalue weighted by molar-refractivity contribution is 5.45. The van der Waals surface area contributed by atoms with Gasteiger partial charge in [-0.05, 0) is 12.5 Å². The first-order valence-corrected chi connectivity index (χ1v) is 4.16.